The van der Waals surface area contributed by atoms with Gasteiger partial charge in [0, 0.05) is 13.6 Å². The van der Waals surface area contributed by atoms with Crippen molar-refractivity contribution < 1.29 is 4.74 Å². The zero-order chi connectivity index (χ0) is 18.2. The lowest BCUT2D eigenvalue weighted by molar-refractivity contribution is 0.414. The Labute approximate surface area is 153 Å². The molecule has 0 fully saturated rings. The number of aromatic amines is 1. The zero-order valence-electron chi connectivity index (χ0n) is 15.0. The van der Waals surface area contributed by atoms with Gasteiger partial charge in [-0.3, -0.25) is 4.99 Å². The number of nitrogens with zero attached hydrogens (tertiary/aromatic N) is 2. The first-order valence-corrected chi connectivity index (χ1v) is 8.45. The molecule has 0 saturated carbocycles. The summed E-state index contributed by atoms with van der Waals surface area (Å²) in [5.41, 5.74) is 3.24. The van der Waals surface area contributed by atoms with Crippen LogP contribution in [-0.2, 0) is 13.1 Å². The van der Waals surface area contributed by atoms with E-state index in [1.165, 1.54) is 0 Å². The van der Waals surface area contributed by atoms with Gasteiger partial charge in [-0.15, -0.1) is 0 Å². The molecule has 3 N–H and O–H groups in total. The van der Waals surface area contributed by atoms with E-state index in [-0.39, 0.29) is 0 Å². The van der Waals surface area contributed by atoms with Gasteiger partial charge in [-0.05, 0) is 23.3 Å². The summed E-state index contributed by atoms with van der Waals surface area (Å²) >= 11 is 0. The van der Waals surface area contributed by atoms with E-state index in [2.05, 4.69) is 37.7 Å². The minimum Gasteiger partial charge on any atom is -0.497 e. The first-order chi connectivity index (χ1) is 12.8. The van der Waals surface area contributed by atoms with Gasteiger partial charge in [-0.2, -0.15) is 0 Å². The fourth-order valence-electron chi connectivity index (χ4n) is 2.57. The highest BCUT2D eigenvalue weighted by molar-refractivity contribution is 5.79. The van der Waals surface area contributed by atoms with Crippen LogP contribution in [0.2, 0.25) is 0 Å². The number of benzene rings is 2. The highest BCUT2D eigenvalue weighted by Gasteiger charge is 2.04. The van der Waals surface area contributed by atoms with Crippen LogP contribution in [0.5, 0.6) is 5.75 Å². The molecule has 0 unspecified atom stereocenters. The number of methoxy groups -OCH3 is 1. The zero-order valence-corrected chi connectivity index (χ0v) is 15.0. The molecule has 0 bridgehead atoms. The van der Waals surface area contributed by atoms with Crippen LogP contribution >= 0.6 is 0 Å². The van der Waals surface area contributed by atoms with E-state index in [0.717, 1.165) is 28.4 Å². The molecule has 0 spiro atoms. The molecule has 1 heterocycles. The Morgan fingerprint density at radius 3 is 2.65 bits per heavy atom. The summed E-state index contributed by atoms with van der Waals surface area (Å²) in [7, 11) is 3.42. The molecular formula is C20H23N5O. The molecule has 1 aromatic heterocycles. The second kappa shape index (κ2) is 8.71. The van der Waals surface area contributed by atoms with Crippen LogP contribution in [-0.4, -0.2) is 30.1 Å². The number of nitrogens with one attached hydrogen (secondary N) is 3. The molecule has 0 aliphatic carbocycles. The number of guanidine groups is 1. The first kappa shape index (κ1) is 17.5. The second-order valence-corrected chi connectivity index (χ2v) is 5.74. The predicted octanol–water partition coefficient (Wildman–Crippen LogP) is 2.95. The van der Waals surface area contributed by atoms with E-state index in [9.17, 15) is 0 Å². The smallest absolute Gasteiger partial charge is 0.191 e. The number of aromatic nitrogens is 2. The lowest BCUT2D eigenvalue weighted by Crippen LogP contribution is -2.36. The summed E-state index contributed by atoms with van der Waals surface area (Å²) in [6.45, 7) is 1.22. The molecule has 0 saturated heterocycles. The Kier molecular flexibility index (Phi) is 5.88. The Hall–Kier alpha value is -3.28. The van der Waals surface area contributed by atoms with Gasteiger partial charge in [-0.25, -0.2) is 4.98 Å². The van der Waals surface area contributed by atoms with Gasteiger partial charge in [0.05, 0.1) is 25.5 Å². The van der Waals surface area contributed by atoms with Crippen molar-refractivity contribution in [2.45, 2.75) is 13.1 Å². The van der Waals surface area contributed by atoms with E-state index in [4.69, 9.17) is 4.74 Å². The Balaban J connectivity index is 1.53. The minimum absolute atomic E-state index is 0.560. The molecule has 0 aliphatic rings. The molecular weight excluding hydrogens is 326 g/mol. The van der Waals surface area contributed by atoms with E-state index in [1.54, 1.807) is 14.2 Å². The van der Waals surface area contributed by atoms with E-state index < -0.39 is 0 Å². The van der Waals surface area contributed by atoms with Crippen molar-refractivity contribution in [2.24, 2.45) is 4.99 Å². The molecule has 0 amide bonds. The predicted molar refractivity (Wildman–Crippen MR) is 104 cm³/mol. The molecule has 26 heavy (non-hydrogen) atoms. The summed E-state index contributed by atoms with van der Waals surface area (Å²) in [6.07, 6.45) is 1.85. The highest BCUT2D eigenvalue weighted by Crippen LogP contribution is 2.16. The fraction of sp³-hybridized carbons (Fsp3) is 0.200. The van der Waals surface area contributed by atoms with Crippen molar-refractivity contribution in [1.29, 1.82) is 0 Å². The van der Waals surface area contributed by atoms with Crippen molar-refractivity contribution in [3.63, 3.8) is 0 Å². The van der Waals surface area contributed by atoms with Gasteiger partial charge in [0.1, 0.15) is 11.6 Å². The number of hydrogen-bond donors (Lipinski definition) is 3. The van der Waals surface area contributed by atoms with Gasteiger partial charge < -0.3 is 20.4 Å². The summed E-state index contributed by atoms with van der Waals surface area (Å²) in [5.74, 6) is 2.41. The van der Waals surface area contributed by atoms with Crippen LogP contribution in [0.15, 0.2) is 65.8 Å². The minimum atomic E-state index is 0.560. The maximum Gasteiger partial charge on any atom is 0.191 e. The summed E-state index contributed by atoms with van der Waals surface area (Å²) in [5, 5.41) is 6.55. The summed E-state index contributed by atoms with van der Waals surface area (Å²) in [4.78, 5) is 12.0. The Morgan fingerprint density at radius 2 is 1.88 bits per heavy atom. The van der Waals surface area contributed by atoms with E-state index >= 15 is 0 Å². The molecule has 0 atom stereocenters. The molecule has 2 aromatic carbocycles. The second-order valence-electron chi connectivity index (χ2n) is 5.74. The highest BCUT2D eigenvalue weighted by atomic mass is 16.5. The number of aliphatic imine (C=N–C) groups is 1. The van der Waals surface area contributed by atoms with E-state index in [0.29, 0.717) is 19.0 Å². The van der Waals surface area contributed by atoms with Crippen LogP contribution in [0.4, 0.5) is 0 Å². The van der Waals surface area contributed by atoms with Crippen molar-refractivity contribution in [1.82, 2.24) is 20.6 Å². The lowest BCUT2D eigenvalue weighted by Gasteiger charge is -2.11. The molecule has 0 radical (unpaired) electrons. The molecule has 3 aromatic rings. The van der Waals surface area contributed by atoms with E-state index in [1.807, 2.05) is 48.7 Å². The topological polar surface area (TPSA) is 74.3 Å². The average Bonchev–Trinajstić information content (AvgIpc) is 3.18. The third kappa shape index (κ3) is 4.63. The maximum atomic E-state index is 5.25. The number of imidazole rings is 1. The van der Waals surface area contributed by atoms with Gasteiger partial charge in [0.15, 0.2) is 5.96 Å². The first-order valence-electron chi connectivity index (χ1n) is 8.45. The molecule has 6 heteroatoms. The van der Waals surface area contributed by atoms with Crippen LogP contribution in [0, 0.1) is 0 Å². The Morgan fingerprint density at radius 1 is 1.08 bits per heavy atom. The monoisotopic (exact) mass is 349 g/mol. The normalized spacial score (nSPS) is 11.2. The van der Waals surface area contributed by atoms with Crippen molar-refractivity contribution in [3.8, 4) is 17.0 Å². The molecule has 3 rings (SSSR count). The van der Waals surface area contributed by atoms with Crippen molar-refractivity contribution in [2.75, 3.05) is 14.2 Å². The third-order valence-corrected chi connectivity index (χ3v) is 3.95. The van der Waals surface area contributed by atoms with Crippen molar-refractivity contribution in [3.05, 3.63) is 72.2 Å². The number of rotatable bonds is 6. The number of ether oxygens (including phenoxy) is 1. The largest absolute Gasteiger partial charge is 0.497 e. The SMILES string of the molecule is CN=C(NCc1cccc(OC)c1)NCc1ncc(-c2ccccc2)[nH]1. The lowest BCUT2D eigenvalue weighted by atomic mass is 10.2. The van der Waals surface area contributed by atoms with Gasteiger partial charge in [0.25, 0.3) is 0 Å². The third-order valence-electron chi connectivity index (χ3n) is 3.95. The molecule has 0 aliphatic heterocycles. The van der Waals surface area contributed by atoms with Crippen LogP contribution in [0.25, 0.3) is 11.3 Å². The average molecular weight is 349 g/mol. The van der Waals surface area contributed by atoms with Crippen LogP contribution < -0.4 is 15.4 Å². The summed E-state index contributed by atoms with van der Waals surface area (Å²) < 4.78 is 5.25. The number of H-pyrrole nitrogens is 1. The van der Waals surface area contributed by atoms with Crippen LogP contribution in [0.3, 0.4) is 0 Å². The Bertz CT molecular complexity index is 857. The molecule has 6 nitrogen and oxygen atoms in total. The fourth-order valence-corrected chi connectivity index (χ4v) is 2.57. The van der Waals surface area contributed by atoms with Gasteiger partial charge in [-0.1, -0.05) is 42.5 Å². The van der Waals surface area contributed by atoms with Crippen molar-refractivity contribution >= 4 is 5.96 Å². The standard InChI is InChI=1S/C20H23N5O/c1-21-20(23-12-15-7-6-10-17(11-15)26-2)24-14-19-22-13-18(25-19)16-8-4-3-5-9-16/h3-11,13H,12,14H2,1-2H3,(H,22,25)(H2,21,23,24). The van der Waals surface area contributed by atoms with Crippen LogP contribution in [0.1, 0.15) is 11.4 Å². The number of hydrogen-bond acceptors (Lipinski definition) is 3. The van der Waals surface area contributed by atoms with Gasteiger partial charge >= 0.3 is 0 Å². The molecule has 134 valence electrons. The maximum absolute atomic E-state index is 5.25. The quantitative estimate of drug-likeness (QED) is 0.472. The summed E-state index contributed by atoms with van der Waals surface area (Å²) in [6, 6.07) is 18.1. The van der Waals surface area contributed by atoms with Gasteiger partial charge in [0.2, 0.25) is 0 Å².